The van der Waals surface area contributed by atoms with Crippen molar-refractivity contribution in [1.29, 1.82) is 0 Å². The molecule has 2 fully saturated rings. The number of ether oxygens (including phenoxy) is 1. The number of carbonyl (C=O) groups is 1. The number of piperidine rings is 1. The SMILES string of the molecule is CO[C@@H]1C[C@H]2CC[C@@H](C1)N2C(=O)c1ccc(Nc2nc(-c3sc(C(C)O)nc3C)cs2)nc1. The molecule has 3 aromatic rings. The predicted molar refractivity (Wildman–Crippen MR) is 129 cm³/mol. The summed E-state index contributed by atoms with van der Waals surface area (Å²) in [6, 6.07) is 4.17. The first-order chi connectivity index (χ1) is 15.9. The lowest BCUT2D eigenvalue weighted by Crippen LogP contribution is -2.48. The lowest BCUT2D eigenvalue weighted by molar-refractivity contribution is 0.00820. The van der Waals surface area contributed by atoms with E-state index in [0.29, 0.717) is 21.5 Å². The van der Waals surface area contributed by atoms with Gasteiger partial charge in [-0.1, -0.05) is 0 Å². The van der Waals surface area contributed by atoms with Crippen LogP contribution in [0.4, 0.5) is 10.9 Å². The molecular formula is C23H27N5O3S2. The van der Waals surface area contributed by atoms with Gasteiger partial charge in [-0.2, -0.15) is 0 Å². The quantitative estimate of drug-likeness (QED) is 0.528. The number of hydrogen-bond donors (Lipinski definition) is 2. The van der Waals surface area contributed by atoms with Crippen molar-refractivity contribution < 1.29 is 14.6 Å². The number of carbonyl (C=O) groups excluding carboxylic acids is 1. The molecule has 8 nitrogen and oxygen atoms in total. The minimum absolute atomic E-state index is 0.0576. The topological polar surface area (TPSA) is 100 Å². The number of rotatable bonds is 6. The van der Waals surface area contributed by atoms with E-state index in [2.05, 4.69) is 20.3 Å². The first kappa shape index (κ1) is 22.4. The molecule has 3 aromatic heterocycles. The van der Waals surface area contributed by atoms with Gasteiger partial charge in [0.25, 0.3) is 5.91 Å². The molecule has 1 unspecified atom stereocenters. The molecular weight excluding hydrogens is 458 g/mol. The standard InChI is InChI=1S/C23H27N5O3S2/c1-12-20(33-21(25-12)13(2)29)18-11-32-23(26-18)27-19-7-4-14(10-24-19)22(30)28-15-5-6-16(28)9-17(8-15)31-3/h4,7,10-11,13,15-17,29H,5-6,8-9H2,1-3H3,(H,24,26,27)/t13?,15-,16+,17-. The fourth-order valence-corrected chi connectivity index (χ4v) is 6.52. The predicted octanol–water partition coefficient (Wildman–Crippen LogP) is 4.55. The molecule has 2 saturated heterocycles. The summed E-state index contributed by atoms with van der Waals surface area (Å²) >= 11 is 2.93. The number of aliphatic hydroxyl groups excluding tert-OH is 1. The minimum Gasteiger partial charge on any atom is -0.386 e. The molecule has 0 aromatic carbocycles. The lowest BCUT2D eigenvalue weighted by Gasteiger charge is -2.38. The van der Waals surface area contributed by atoms with Gasteiger partial charge in [-0.15, -0.1) is 22.7 Å². The second-order valence-electron chi connectivity index (χ2n) is 8.66. The molecule has 5 rings (SSSR count). The molecule has 0 saturated carbocycles. The van der Waals surface area contributed by atoms with E-state index in [0.717, 1.165) is 41.9 Å². The number of amides is 1. The van der Waals surface area contributed by atoms with E-state index < -0.39 is 6.10 Å². The van der Waals surface area contributed by atoms with Gasteiger partial charge in [0.15, 0.2) is 5.13 Å². The maximum Gasteiger partial charge on any atom is 0.255 e. The Kier molecular flexibility index (Phi) is 6.17. The van der Waals surface area contributed by atoms with Crippen LogP contribution < -0.4 is 5.32 Å². The smallest absolute Gasteiger partial charge is 0.255 e. The Morgan fingerprint density at radius 3 is 2.64 bits per heavy atom. The summed E-state index contributed by atoms with van der Waals surface area (Å²) < 4.78 is 5.55. The summed E-state index contributed by atoms with van der Waals surface area (Å²) in [5.74, 6) is 0.696. The van der Waals surface area contributed by atoms with Gasteiger partial charge in [0.05, 0.1) is 27.9 Å². The Balaban J connectivity index is 1.26. The second kappa shape index (κ2) is 9.09. The number of hydrogen-bond acceptors (Lipinski definition) is 9. The Hall–Kier alpha value is -2.40. The Bertz CT molecular complexity index is 1130. The average Bonchev–Trinajstić information content (AvgIpc) is 3.49. The maximum atomic E-state index is 13.2. The highest BCUT2D eigenvalue weighted by molar-refractivity contribution is 7.17. The van der Waals surface area contributed by atoms with Crippen LogP contribution in [0.5, 0.6) is 0 Å². The molecule has 4 atom stereocenters. The van der Waals surface area contributed by atoms with E-state index >= 15 is 0 Å². The van der Waals surface area contributed by atoms with Crippen LogP contribution in [0.3, 0.4) is 0 Å². The van der Waals surface area contributed by atoms with Gasteiger partial charge in [-0.25, -0.2) is 15.0 Å². The largest absolute Gasteiger partial charge is 0.386 e. The van der Waals surface area contributed by atoms with Gasteiger partial charge < -0.3 is 20.1 Å². The molecule has 0 aliphatic carbocycles. The van der Waals surface area contributed by atoms with Crippen LogP contribution in [0, 0.1) is 6.92 Å². The van der Waals surface area contributed by atoms with E-state index in [1.165, 1.54) is 22.7 Å². The molecule has 2 bridgehead atoms. The van der Waals surface area contributed by atoms with Crippen LogP contribution >= 0.6 is 22.7 Å². The van der Waals surface area contributed by atoms with Crippen LogP contribution in [-0.2, 0) is 4.74 Å². The van der Waals surface area contributed by atoms with Crippen molar-refractivity contribution in [2.24, 2.45) is 0 Å². The van der Waals surface area contributed by atoms with Crippen molar-refractivity contribution in [2.45, 2.75) is 63.8 Å². The third-order valence-electron chi connectivity index (χ3n) is 6.41. The van der Waals surface area contributed by atoms with Crippen molar-refractivity contribution >= 4 is 39.5 Å². The molecule has 0 radical (unpaired) electrons. The maximum absolute atomic E-state index is 13.2. The van der Waals surface area contributed by atoms with Gasteiger partial charge in [0.1, 0.15) is 16.9 Å². The van der Waals surface area contributed by atoms with Crippen LogP contribution in [0.25, 0.3) is 10.6 Å². The number of aromatic nitrogens is 3. The molecule has 2 aliphatic rings. The van der Waals surface area contributed by atoms with Crippen LogP contribution in [-0.4, -0.2) is 56.2 Å². The summed E-state index contributed by atoms with van der Waals surface area (Å²) in [5, 5.41) is 16.4. The van der Waals surface area contributed by atoms with Crippen LogP contribution in [0.2, 0.25) is 0 Å². The number of thiazole rings is 2. The van der Waals surface area contributed by atoms with Gasteiger partial charge in [-0.3, -0.25) is 4.79 Å². The highest BCUT2D eigenvalue weighted by Crippen LogP contribution is 2.38. The second-order valence-corrected chi connectivity index (χ2v) is 10.6. The fraction of sp³-hybridized carbons (Fsp3) is 0.478. The molecule has 1 amide bonds. The number of aliphatic hydroxyl groups is 1. The number of nitrogens with zero attached hydrogens (tertiary/aromatic N) is 4. The number of pyridine rings is 1. The first-order valence-corrected chi connectivity index (χ1v) is 12.8. The molecule has 2 aliphatic heterocycles. The highest BCUT2D eigenvalue weighted by Gasteiger charge is 2.43. The number of aryl methyl sites for hydroxylation is 1. The molecule has 5 heterocycles. The summed E-state index contributed by atoms with van der Waals surface area (Å²) in [6.07, 6.45) is 5.23. The van der Waals surface area contributed by atoms with E-state index in [9.17, 15) is 9.90 Å². The zero-order valence-corrected chi connectivity index (χ0v) is 20.4. The minimum atomic E-state index is -0.592. The van der Waals surface area contributed by atoms with Gasteiger partial charge in [-0.05, 0) is 51.7 Å². The van der Waals surface area contributed by atoms with Crippen molar-refractivity contribution in [3.8, 4) is 10.6 Å². The van der Waals surface area contributed by atoms with Gasteiger partial charge >= 0.3 is 0 Å². The first-order valence-electron chi connectivity index (χ1n) is 11.1. The number of nitrogens with one attached hydrogen (secondary N) is 1. The van der Waals surface area contributed by atoms with E-state index in [-0.39, 0.29) is 24.1 Å². The van der Waals surface area contributed by atoms with Crippen molar-refractivity contribution in [1.82, 2.24) is 19.9 Å². The number of anilines is 2. The van der Waals surface area contributed by atoms with E-state index in [1.54, 1.807) is 20.2 Å². The Morgan fingerprint density at radius 2 is 2.03 bits per heavy atom. The lowest BCUT2D eigenvalue weighted by atomic mass is 9.99. The van der Waals surface area contributed by atoms with Gasteiger partial charge in [0, 0.05) is 30.8 Å². The fourth-order valence-electron chi connectivity index (χ4n) is 4.77. The highest BCUT2D eigenvalue weighted by atomic mass is 32.1. The van der Waals surface area contributed by atoms with Crippen molar-refractivity contribution in [2.75, 3.05) is 12.4 Å². The molecule has 2 N–H and O–H groups in total. The molecule has 174 valence electrons. The Labute approximate surface area is 200 Å². The summed E-state index contributed by atoms with van der Waals surface area (Å²) in [5.41, 5.74) is 2.29. The normalized spacial score (nSPS) is 23.0. The summed E-state index contributed by atoms with van der Waals surface area (Å²) in [4.78, 5) is 29.7. The number of methoxy groups -OCH3 is 1. The molecule has 10 heteroatoms. The zero-order valence-electron chi connectivity index (χ0n) is 18.8. The summed E-state index contributed by atoms with van der Waals surface area (Å²) in [7, 11) is 1.76. The average molecular weight is 486 g/mol. The van der Waals surface area contributed by atoms with Crippen molar-refractivity contribution in [3.05, 3.63) is 40.0 Å². The molecule has 33 heavy (non-hydrogen) atoms. The van der Waals surface area contributed by atoms with E-state index in [4.69, 9.17) is 4.74 Å². The molecule has 0 spiro atoms. The monoisotopic (exact) mass is 485 g/mol. The third kappa shape index (κ3) is 4.40. The van der Waals surface area contributed by atoms with E-state index in [1.807, 2.05) is 29.3 Å². The zero-order chi connectivity index (χ0) is 23.1. The summed E-state index contributed by atoms with van der Waals surface area (Å²) in [6.45, 7) is 3.63. The number of fused-ring (bicyclic) bond motifs is 2. The van der Waals surface area contributed by atoms with Crippen molar-refractivity contribution in [3.63, 3.8) is 0 Å². The van der Waals surface area contributed by atoms with Gasteiger partial charge in [0.2, 0.25) is 0 Å². The third-order valence-corrected chi connectivity index (χ3v) is 8.52. The Morgan fingerprint density at radius 1 is 1.27 bits per heavy atom. The van der Waals surface area contributed by atoms with Crippen LogP contribution in [0.15, 0.2) is 23.7 Å². The van der Waals surface area contributed by atoms with Crippen LogP contribution in [0.1, 0.15) is 59.8 Å².